The maximum Gasteiger partial charge on any atom is 0.225 e. The monoisotopic (exact) mass is 290 g/mol. The molecule has 1 aliphatic heterocycles. The Bertz CT molecular complexity index is 483. The highest BCUT2D eigenvalue weighted by atomic mass is 16.2. The van der Waals surface area contributed by atoms with Crippen molar-refractivity contribution in [3.8, 4) is 0 Å². The van der Waals surface area contributed by atoms with E-state index in [0.717, 1.165) is 43.1 Å². The molecule has 0 aliphatic carbocycles. The Morgan fingerprint density at radius 2 is 2.10 bits per heavy atom. The van der Waals surface area contributed by atoms with Crippen molar-refractivity contribution in [1.82, 2.24) is 15.3 Å². The summed E-state index contributed by atoms with van der Waals surface area (Å²) in [5.74, 6) is 0.962. The number of hydrogen-bond acceptors (Lipinski definition) is 4. The fourth-order valence-electron chi connectivity index (χ4n) is 2.68. The number of aryl methyl sites for hydroxylation is 2. The summed E-state index contributed by atoms with van der Waals surface area (Å²) in [6, 6.07) is 2.21. The van der Waals surface area contributed by atoms with Crippen molar-refractivity contribution in [3.05, 3.63) is 17.5 Å². The number of aromatic nitrogens is 2. The van der Waals surface area contributed by atoms with Crippen LogP contribution < -0.4 is 10.2 Å². The number of nitrogens with one attached hydrogen (secondary N) is 1. The van der Waals surface area contributed by atoms with E-state index in [1.807, 2.05) is 26.8 Å². The zero-order valence-corrected chi connectivity index (χ0v) is 13.5. The molecular weight excluding hydrogens is 264 g/mol. The first-order valence-electron chi connectivity index (χ1n) is 7.87. The lowest BCUT2D eigenvalue weighted by Gasteiger charge is -2.32. The minimum Gasteiger partial charge on any atom is -0.353 e. The van der Waals surface area contributed by atoms with Crippen LogP contribution in [0.5, 0.6) is 0 Å². The summed E-state index contributed by atoms with van der Waals surface area (Å²) >= 11 is 0. The fraction of sp³-hybridized carbons (Fsp3) is 0.688. The highest BCUT2D eigenvalue weighted by Gasteiger charge is 2.27. The van der Waals surface area contributed by atoms with Gasteiger partial charge in [0, 0.05) is 30.5 Å². The molecule has 1 fully saturated rings. The van der Waals surface area contributed by atoms with Gasteiger partial charge in [0.1, 0.15) is 0 Å². The van der Waals surface area contributed by atoms with Crippen LogP contribution >= 0.6 is 0 Å². The standard InChI is InChI=1S/C16H26N4O/c1-5-11(2)17-15(21)14-7-6-8-20(10-14)16-18-12(3)9-13(4)19-16/h9,11,14H,5-8,10H2,1-4H3,(H,17,21)/t11-,14-/m0/s1. The highest BCUT2D eigenvalue weighted by Crippen LogP contribution is 2.21. The molecule has 2 rings (SSSR count). The first kappa shape index (κ1) is 15.7. The quantitative estimate of drug-likeness (QED) is 0.924. The summed E-state index contributed by atoms with van der Waals surface area (Å²) in [4.78, 5) is 23.5. The molecule has 0 unspecified atom stereocenters. The molecule has 116 valence electrons. The van der Waals surface area contributed by atoms with Crippen molar-refractivity contribution in [2.24, 2.45) is 5.92 Å². The summed E-state index contributed by atoms with van der Waals surface area (Å²) in [5.41, 5.74) is 1.95. The van der Waals surface area contributed by atoms with Crippen LogP contribution in [0, 0.1) is 19.8 Å². The van der Waals surface area contributed by atoms with Crippen LogP contribution in [-0.2, 0) is 4.79 Å². The lowest BCUT2D eigenvalue weighted by atomic mass is 9.97. The Hall–Kier alpha value is -1.65. The molecule has 1 saturated heterocycles. The molecule has 5 heteroatoms. The van der Waals surface area contributed by atoms with Crippen molar-refractivity contribution in [1.29, 1.82) is 0 Å². The normalized spacial score (nSPS) is 20.2. The van der Waals surface area contributed by atoms with Crippen molar-refractivity contribution >= 4 is 11.9 Å². The Morgan fingerprint density at radius 3 is 2.71 bits per heavy atom. The van der Waals surface area contributed by atoms with Gasteiger partial charge in [-0.05, 0) is 46.1 Å². The minimum absolute atomic E-state index is 0.0390. The van der Waals surface area contributed by atoms with E-state index in [0.29, 0.717) is 6.54 Å². The van der Waals surface area contributed by atoms with E-state index < -0.39 is 0 Å². The van der Waals surface area contributed by atoms with E-state index in [1.165, 1.54) is 0 Å². The summed E-state index contributed by atoms with van der Waals surface area (Å²) in [6.45, 7) is 9.73. The van der Waals surface area contributed by atoms with Gasteiger partial charge in [-0.25, -0.2) is 9.97 Å². The maximum atomic E-state index is 12.3. The van der Waals surface area contributed by atoms with Crippen molar-refractivity contribution in [2.45, 2.75) is 53.0 Å². The second kappa shape index (κ2) is 6.87. The summed E-state index contributed by atoms with van der Waals surface area (Å²) < 4.78 is 0. The van der Waals surface area contributed by atoms with E-state index in [-0.39, 0.29) is 17.9 Å². The van der Waals surface area contributed by atoms with Gasteiger partial charge in [-0.2, -0.15) is 0 Å². The van der Waals surface area contributed by atoms with Crippen molar-refractivity contribution < 1.29 is 4.79 Å². The number of amides is 1. The SMILES string of the molecule is CC[C@H](C)NC(=O)[C@H]1CCCN(c2nc(C)cc(C)n2)C1. The van der Waals surface area contributed by atoms with E-state index in [4.69, 9.17) is 0 Å². The largest absolute Gasteiger partial charge is 0.353 e. The summed E-state index contributed by atoms with van der Waals surface area (Å²) in [7, 11) is 0. The van der Waals surface area contributed by atoms with Crippen LogP contribution in [0.2, 0.25) is 0 Å². The lowest BCUT2D eigenvalue weighted by molar-refractivity contribution is -0.125. The van der Waals surface area contributed by atoms with Crippen LogP contribution in [0.1, 0.15) is 44.5 Å². The summed E-state index contributed by atoms with van der Waals surface area (Å²) in [5, 5.41) is 3.09. The fourth-order valence-corrected chi connectivity index (χ4v) is 2.68. The molecule has 2 atom stereocenters. The third-order valence-electron chi connectivity index (χ3n) is 4.05. The molecular formula is C16H26N4O. The van der Waals surface area contributed by atoms with Gasteiger partial charge in [-0.1, -0.05) is 6.92 Å². The molecule has 5 nitrogen and oxygen atoms in total. The molecule has 21 heavy (non-hydrogen) atoms. The number of nitrogens with zero attached hydrogens (tertiary/aromatic N) is 3. The van der Waals surface area contributed by atoms with Gasteiger partial charge in [0.2, 0.25) is 11.9 Å². The van der Waals surface area contributed by atoms with Crippen LogP contribution in [-0.4, -0.2) is 35.0 Å². The average Bonchev–Trinajstić information content (AvgIpc) is 2.46. The van der Waals surface area contributed by atoms with Gasteiger partial charge >= 0.3 is 0 Å². The van der Waals surface area contributed by atoms with Gasteiger partial charge in [-0.15, -0.1) is 0 Å². The first-order chi connectivity index (χ1) is 9.99. The molecule has 1 aliphatic rings. The third kappa shape index (κ3) is 4.16. The van der Waals surface area contributed by atoms with Gasteiger partial charge < -0.3 is 10.2 Å². The van der Waals surface area contributed by atoms with Gasteiger partial charge in [0.15, 0.2) is 0 Å². The second-order valence-corrected chi connectivity index (χ2v) is 6.05. The molecule has 1 amide bonds. The molecule has 0 aromatic carbocycles. The Morgan fingerprint density at radius 1 is 1.43 bits per heavy atom. The molecule has 0 spiro atoms. The predicted octanol–water partition coefficient (Wildman–Crippen LogP) is 2.22. The van der Waals surface area contributed by atoms with E-state index in [2.05, 4.69) is 27.1 Å². The number of rotatable bonds is 4. The van der Waals surface area contributed by atoms with Crippen LogP contribution in [0.15, 0.2) is 6.07 Å². The van der Waals surface area contributed by atoms with Gasteiger partial charge in [0.25, 0.3) is 0 Å². The maximum absolute atomic E-state index is 12.3. The molecule has 1 N–H and O–H groups in total. The zero-order chi connectivity index (χ0) is 15.4. The van der Waals surface area contributed by atoms with Crippen LogP contribution in [0.4, 0.5) is 5.95 Å². The number of hydrogen-bond donors (Lipinski definition) is 1. The Labute approximate surface area is 127 Å². The minimum atomic E-state index is 0.0390. The lowest BCUT2D eigenvalue weighted by Crippen LogP contribution is -2.45. The Kier molecular flexibility index (Phi) is 5.15. The predicted molar refractivity (Wildman–Crippen MR) is 84.3 cm³/mol. The van der Waals surface area contributed by atoms with Crippen LogP contribution in [0.3, 0.4) is 0 Å². The molecule has 0 radical (unpaired) electrons. The van der Waals surface area contributed by atoms with Gasteiger partial charge in [0.05, 0.1) is 5.92 Å². The number of piperidine rings is 1. The topological polar surface area (TPSA) is 58.1 Å². The van der Waals surface area contributed by atoms with Crippen molar-refractivity contribution in [2.75, 3.05) is 18.0 Å². The van der Waals surface area contributed by atoms with Crippen molar-refractivity contribution in [3.63, 3.8) is 0 Å². The molecule has 1 aromatic rings. The smallest absolute Gasteiger partial charge is 0.225 e. The molecule has 1 aromatic heterocycles. The molecule has 0 bridgehead atoms. The number of carbonyl (C=O) groups excluding carboxylic acids is 1. The van der Waals surface area contributed by atoms with E-state index in [1.54, 1.807) is 0 Å². The number of carbonyl (C=O) groups is 1. The second-order valence-electron chi connectivity index (χ2n) is 6.05. The van der Waals surface area contributed by atoms with E-state index in [9.17, 15) is 4.79 Å². The Balaban J connectivity index is 2.05. The summed E-state index contributed by atoms with van der Waals surface area (Å²) in [6.07, 6.45) is 2.92. The molecule has 2 heterocycles. The molecule has 0 saturated carbocycles. The zero-order valence-electron chi connectivity index (χ0n) is 13.5. The van der Waals surface area contributed by atoms with Gasteiger partial charge in [-0.3, -0.25) is 4.79 Å². The first-order valence-corrected chi connectivity index (χ1v) is 7.87. The van der Waals surface area contributed by atoms with E-state index >= 15 is 0 Å². The van der Waals surface area contributed by atoms with Crippen LogP contribution in [0.25, 0.3) is 0 Å². The highest BCUT2D eigenvalue weighted by molar-refractivity contribution is 5.79. The average molecular weight is 290 g/mol. The third-order valence-corrected chi connectivity index (χ3v) is 4.05. The number of anilines is 1.